The molecule has 1 atom stereocenters. The molecule has 0 fully saturated rings. The lowest BCUT2D eigenvalue weighted by Crippen LogP contribution is -2.28. The molecule has 0 bridgehead atoms. The van der Waals surface area contributed by atoms with Crippen molar-refractivity contribution in [2.45, 2.75) is 19.4 Å². The topological polar surface area (TPSA) is 80.6 Å². The minimum atomic E-state index is -0.252. The molecule has 6 heteroatoms. The number of anilines is 1. The zero-order valence-corrected chi connectivity index (χ0v) is 17.9. The maximum absolute atomic E-state index is 12.9. The van der Waals surface area contributed by atoms with Crippen molar-refractivity contribution in [3.63, 3.8) is 0 Å². The Balaban J connectivity index is 1.47. The van der Waals surface area contributed by atoms with Crippen molar-refractivity contribution in [3.8, 4) is 5.75 Å². The van der Waals surface area contributed by atoms with Crippen LogP contribution in [0.25, 0.3) is 11.0 Å². The summed E-state index contributed by atoms with van der Waals surface area (Å²) >= 11 is 0. The van der Waals surface area contributed by atoms with E-state index in [1.165, 1.54) is 0 Å². The van der Waals surface area contributed by atoms with Crippen LogP contribution in [0.2, 0.25) is 0 Å². The Morgan fingerprint density at radius 3 is 2.53 bits per heavy atom. The summed E-state index contributed by atoms with van der Waals surface area (Å²) in [6, 6.07) is 22.0. The molecule has 0 saturated carbocycles. The fourth-order valence-corrected chi connectivity index (χ4v) is 3.58. The average Bonchev–Trinajstić information content (AvgIpc) is 3.21. The van der Waals surface area contributed by atoms with Gasteiger partial charge < -0.3 is 19.8 Å². The Morgan fingerprint density at radius 1 is 1.00 bits per heavy atom. The van der Waals surface area contributed by atoms with Crippen LogP contribution in [0.3, 0.4) is 0 Å². The number of carbonyl (C=O) groups is 2. The van der Waals surface area contributed by atoms with E-state index in [4.69, 9.17) is 9.15 Å². The van der Waals surface area contributed by atoms with E-state index in [-0.39, 0.29) is 24.3 Å². The number of ether oxygens (including phenoxy) is 1. The molecular formula is C26H24N2O4. The first kappa shape index (κ1) is 21.2. The highest BCUT2D eigenvalue weighted by molar-refractivity contribution is 6.04. The molecule has 0 saturated heterocycles. The van der Waals surface area contributed by atoms with E-state index in [2.05, 4.69) is 10.6 Å². The summed E-state index contributed by atoms with van der Waals surface area (Å²) in [5.74, 6) is 0.200. The highest BCUT2D eigenvalue weighted by Crippen LogP contribution is 2.26. The third-order valence-electron chi connectivity index (χ3n) is 5.31. The lowest BCUT2D eigenvalue weighted by molar-refractivity contribution is -0.115. The Kier molecular flexibility index (Phi) is 6.22. The number of hydrogen-bond donors (Lipinski definition) is 2. The van der Waals surface area contributed by atoms with Crippen molar-refractivity contribution in [1.82, 2.24) is 5.32 Å². The first-order valence-electron chi connectivity index (χ1n) is 10.3. The number of fused-ring (bicyclic) bond motifs is 1. The molecule has 0 aliphatic carbocycles. The number of hydrogen-bond acceptors (Lipinski definition) is 4. The van der Waals surface area contributed by atoms with E-state index in [1.807, 2.05) is 49.4 Å². The lowest BCUT2D eigenvalue weighted by atomic mass is 10.1. The largest absolute Gasteiger partial charge is 0.497 e. The molecule has 1 unspecified atom stereocenters. The monoisotopic (exact) mass is 428 g/mol. The average molecular weight is 428 g/mol. The summed E-state index contributed by atoms with van der Waals surface area (Å²) in [6.07, 6.45) is 1.69. The van der Waals surface area contributed by atoms with Crippen LogP contribution in [-0.4, -0.2) is 18.9 Å². The zero-order valence-electron chi connectivity index (χ0n) is 17.9. The van der Waals surface area contributed by atoms with Crippen molar-refractivity contribution in [3.05, 3.63) is 95.7 Å². The van der Waals surface area contributed by atoms with Crippen LogP contribution >= 0.6 is 0 Å². The molecule has 4 aromatic rings. The van der Waals surface area contributed by atoms with Crippen LogP contribution in [0.1, 0.15) is 34.5 Å². The third-order valence-corrected chi connectivity index (χ3v) is 5.31. The van der Waals surface area contributed by atoms with Gasteiger partial charge in [0.1, 0.15) is 11.3 Å². The smallest absolute Gasteiger partial charge is 0.253 e. The minimum Gasteiger partial charge on any atom is -0.497 e. The predicted molar refractivity (Wildman–Crippen MR) is 124 cm³/mol. The number of methoxy groups -OCH3 is 1. The molecule has 4 rings (SSSR count). The van der Waals surface area contributed by atoms with Crippen molar-refractivity contribution >= 4 is 28.5 Å². The van der Waals surface area contributed by atoms with E-state index in [0.29, 0.717) is 22.6 Å². The van der Waals surface area contributed by atoms with Gasteiger partial charge in [-0.3, -0.25) is 9.59 Å². The molecule has 0 radical (unpaired) electrons. The van der Waals surface area contributed by atoms with Crippen molar-refractivity contribution in [2.24, 2.45) is 0 Å². The van der Waals surface area contributed by atoms with Gasteiger partial charge in [0.2, 0.25) is 5.91 Å². The number of nitrogens with one attached hydrogen (secondary N) is 2. The van der Waals surface area contributed by atoms with Crippen LogP contribution in [0, 0.1) is 0 Å². The SMILES string of the molecule is COc1ccc2c(CC(=O)Nc3ccccc3C(=O)NC(C)c3ccccc3)coc2c1. The second-order valence-electron chi connectivity index (χ2n) is 7.50. The van der Waals surface area contributed by atoms with Gasteiger partial charge >= 0.3 is 0 Å². The van der Waals surface area contributed by atoms with E-state index in [0.717, 1.165) is 16.5 Å². The van der Waals surface area contributed by atoms with Crippen LogP contribution in [-0.2, 0) is 11.2 Å². The maximum atomic E-state index is 12.9. The Labute approximate surface area is 186 Å². The van der Waals surface area contributed by atoms with Gasteiger partial charge in [-0.05, 0) is 36.8 Å². The zero-order chi connectivity index (χ0) is 22.5. The highest BCUT2D eigenvalue weighted by Gasteiger charge is 2.17. The standard InChI is InChI=1S/C26H24N2O4/c1-17(18-8-4-3-5-9-18)27-26(30)22-10-6-7-11-23(22)28-25(29)14-19-16-32-24-15-20(31-2)12-13-21(19)24/h3-13,15-17H,14H2,1-2H3,(H,27,30)(H,28,29). The number of para-hydroxylation sites is 1. The van der Waals surface area contributed by atoms with Crippen LogP contribution in [0.15, 0.2) is 83.5 Å². The summed E-state index contributed by atoms with van der Waals surface area (Å²) in [4.78, 5) is 25.6. The summed E-state index contributed by atoms with van der Waals surface area (Å²) in [5, 5.41) is 6.70. The third kappa shape index (κ3) is 4.64. The molecule has 0 spiro atoms. The summed E-state index contributed by atoms with van der Waals surface area (Å²) in [6.45, 7) is 1.92. The molecule has 2 amide bonds. The number of amides is 2. The fraction of sp³-hybridized carbons (Fsp3) is 0.154. The lowest BCUT2D eigenvalue weighted by Gasteiger charge is -2.16. The van der Waals surface area contributed by atoms with Gasteiger partial charge in [0.25, 0.3) is 5.91 Å². The van der Waals surface area contributed by atoms with Crippen LogP contribution in [0.4, 0.5) is 5.69 Å². The van der Waals surface area contributed by atoms with Gasteiger partial charge in [-0.2, -0.15) is 0 Å². The number of benzene rings is 3. The Bertz CT molecular complexity index is 1250. The molecule has 0 aliphatic rings. The predicted octanol–water partition coefficient (Wildman–Crippen LogP) is 5.11. The Hall–Kier alpha value is -4.06. The number of furan rings is 1. The molecular weight excluding hydrogens is 404 g/mol. The molecule has 2 N–H and O–H groups in total. The van der Waals surface area contributed by atoms with Gasteiger partial charge in [-0.25, -0.2) is 0 Å². The van der Waals surface area contributed by atoms with Crippen molar-refractivity contribution in [2.75, 3.05) is 12.4 Å². The molecule has 32 heavy (non-hydrogen) atoms. The molecule has 6 nitrogen and oxygen atoms in total. The van der Waals surface area contributed by atoms with Crippen molar-refractivity contribution < 1.29 is 18.7 Å². The summed E-state index contributed by atoms with van der Waals surface area (Å²) in [5.41, 5.74) is 3.29. The molecule has 1 aromatic heterocycles. The van der Waals surface area contributed by atoms with Crippen LogP contribution < -0.4 is 15.4 Å². The first-order valence-corrected chi connectivity index (χ1v) is 10.3. The summed E-state index contributed by atoms with van der Waals surface area (Å²) in [7, 11) is 1.59. The Morgan fingerprint density at radius 2 is 1.75 bits per heavy atom. The van der Waals surface area contributed by atoms with Gasteiger partial charge in [0, 0.05) is 17.0 Å². The van der Waals surface area contributed by atoms with Gasteiger partial charge in [0.05, 0.1) is 37.1 Å². The number of carbonyl (C=O) groups excluding carboxylic acids is 2. The van der Waals surface area contributed by atoms with Crippen molar-refractivity contribution in [1.29, 1.82) is 0 Å². The molecule has 3 aromatic carbocycles. The summed E-state index contributed by atoms with van der Waals surface area (Å²) < 4.78 is 10.8. The van der Waals surface area contributed by atoms with Gasteiger partial charge in [0.15, 0.2) is 0 Å². The van der Waals surface area contributed by atoms with E-state index in [1.54, 1.807) is 43.7 Å². The van der Waals surface area contributed by atoms with E-state index >= 15 is 0 Å². The fourth-order valence-electron chi connectivity index (χ4n) is 3.58. The van der Waals surface area contributed by atoms with Crippen LogP contribution in [0.5, 0.6) is 5.75 Å². The van der Waals surface area contributed by atoms with Gasteiger partial charge in [-0.1, -0.05) is 42.5 Å². The maximum Gasteiger partial charge on any atom is 0.253 e. The normalized spacial score (nSPS) is 11.7. The minimum absolute atomic E-state index is 0.121. The number of rotatable bonds is 7. The molecule has 1 heterocycles. The molecule has 162 valence electrons. The second kappa shape index (κ2) is 9.39. The van der Waals surface area contributed by atoms with Gasteiger partial charge in [-0.15, -0.1) is 0 Å². The van der Waals surface area contributed by atoms with E-state index < -0.39 is 0 Å². The van der Waals surface area contributed by atoms with E-state index in [9.17, 15) is 9.59 Å². The highest BCUT2D eigenvalue weighted by atomic mass is 16.5. The first-order chi connectivity index (χ1) is 15.5. The second-order valence-corrected chi connectivity index (χ2v) is 7.50. The molecule has 0 aliphatic heterocycles. The quantitative estimate of drug-likeness (QED) is 0.428.